The van der Waals surface area contributed by atoms with E-state index in [-0.39, 0.29) is 5.91 Å². The number of hydrogen-bond acceptors (Lipinski definition) is 3. The van der Waals surface area contributed by atoms with Gasteiger partial charge in [-0.3, -0.25) is 14.4 Å². The minimum atomic E-state index is 0.0737. The van der Waals surface area contributed by atoms with E-state index < -0.39 is 0 Å². The van der Waals surface area contributed by atoms with Crippen molar-refractivity contribution in [2.24, 2.45) is 7.05 Å². The lowest BCUT2D eigenvalue weighted by molar-refractivity contribution is -0.118. The molecule has 112 valence electrons. The van der Waals surface area contributed by atoms with Crippen LogP contribution in [0.1, 0.15) is 44.0 Å². The Morgan fingerprint density at radius 3 is 2.75 bits per heavy atom. The van der Waals surface area contributed by atoms with Crippen molar-refractivity contribution >= 4 is 11.6 Å². The Labute approximate surface area is 121 Å². The van der Waals surface area contributed by atoms with E-state index in [0.29, 0.717) is 12.6 Å². The lowest BCUT2D eigenvalue weighted by atomic mass is 10.00. The van der Waals surface area contributed by atoms with Gasteiger partial charge >= 0.3 is 0 Å². The van der Waals surface area contributed by atoms with Crippen LogP contribution in [0.5, 0.6) is 0 Å². The first-order valence-corrected chi connectivity index (χ1v) is 7.57. The van der Waals surface area contributed by atoms with Crippen molar-refractivity contribution in [3.8, 4) is 0 Å². The number of aryl methyl sites for hydroxylation is 2. The van der Waals surface area contributed by atoms with E-state index in [1.165, 1.54) is 19.3 Å². The molecular formula is C15H26N4O. The Balaban J connectivity index is 1.98. The fraction of sp³-hybridized carbons (Fsp3) is 0.733. The molecule has 0 unspecified atom stereocenters. The van der Waals surface area contributed by atoms with Crippen molar-refractivity contribution in [3.63, 3.8) is 0 Å². The summed E-state index contributed by atoms with van der Waals surface area (Å²) >= 11 is 0. The lowest BCUT2D eigenvalue weighted by Gasteiger charge is -2.34. The molecule has 0 spiro atoms. The third-order valence-electron chi connectivity index (χ3n) is 4.34. The Morgan fingerprint density at radius 1 is 1.40 bits per heavy atom. The van der Waals surface area contributed by atoms with Gasteiger partial charge in [0.25, 0.3) is 0 Å². The maximum Gasteiger partial charge on any atom is 0.238 e. The van der Waals surface area contributed by atoms with Gasteiger partial charge in [0.1, 0.15) is 0 Å². The molecule has 1 N–H and O–H groups in total. The number of aromatic nitrogens is 2. The van der Waals surface area contributed by atoms with Crippen molar-refractivity contribution in [1.82, 2.24) is 14.7 Å². The first-order chi connectivity index (χ1) is 9.52. The normalized spacial score (nSPS) is 20.1. The van der Waals surface area contributed by atoms with Crippen molar-refractivity contribution in [2.45, 2.75) is 52.5 Å². The zero-order valence-corrected chi connectivity index (χ0v) is 13.1. The molecule has 1 aromatic heterocycles. The summed E-state index contributed by atoms with van der Waals surface area (Å²) in [6.45, 7) is 7.64. The summed E-state index contributed by atoms with van der Waals surface area (Å²) in [7, 11) is 1.90. The van der Waals surface area contributed by atoms with Gasteiger partial charge in [-0.05, 0) is 39.7 Å². The van der Waals surface area contributed by atoms with Crippen LogP contribution >= 0.6 is 0 Å². The van der Waals surface area contributed by atoms with Gasteiger partial charge in [-0.2, -0.15) is 5.10 Å². The highest BCUT2D eigenvalue weighted by molar-refractivity contribution is 5.93. The number of anilines is 1. The second kappa shape index (κ2) is 6.39. The average Bonchev–Trinajstić information content (AvgIpc) is 2.66. The largest absolute Gasteiger partial charge is 0.322 e. The maximum absolute atomic E-state index is 12.3. The highest BCUT2D eigenvalue weighted by Crippen LogP contribution is 2.21. The van der Waals surface area contributed by atoms with Crippen LogP contribution in [-0.2, 0) is 11.8 Å². The fourth-order valence-electron chi connectivity index (χ4n) is 3.05. The Morgan fingerprint density at radius 2 is 2.15 bits per heavy atom. The van der Waals surface area contributed by atoms with Gasteiger partial charge in [0.05, 0.1) is 23.6 Å². The minimum absolute atomic E-state index is 0.0737. The summed E-state index contributed by atoms with van der Waals surface area (Å²) in [5, 5.41) is 7.36. The van der Waals surface area contributed by atoms with Gasteiger partial charge in [0.15, 0.2) is 0 Å². The predicted molar refractivity (Wildman–Crippen MR) is 80.8 cm³/mol. The number of rotatable bonds is 4. The molecule has 1 atom stereocenters. The van der Waals surface area contributed by atoms with Crippen molar-refractivity contribution in [2.75, 3.05) is 18.4 Å². The molecule has 0 radical (unpaired) electrons. The molecule has 1 saturated heterocycles. The van der Waals surface area contributed by atoms with Gasteiger partial charge < -0.3 is 5.32 Å². The second-order valence-corrected chi connectivity index (χ2v) is 5.75. The second-order valence-electron chi connectivity index (χ2n) is 5.75. The first kappa shape index (κ1) is 15.0. The van der Waals surface area contributed by atoms with Crippen LogP contribution in [0.4, 0.5) is 5.69 Å². The number of likely N-dealkylation sites (tertiary alicyclic amines) is 1. The van der Waals surface area contributed by atoms with Crippen LogP contribution in [0.2, 0.25) is 0 Å². The molecule has 5 nitrogen and oxygen atoms in total. The number of nitrogens with zero attached hydrogens (tertiary/aromatic N) is 3. The van der Waals surface area contributed by atoms with Crippen LogP contribution in [-0.4, -0.2) is 39.7 Å². The summed E-state index contributed by atoms with van der Waals surface area (Å²) in [6.07, 6.45) is 4.83. The number of carbonyl (C=O) groups is 1. The van der Waals surface area contributed by atoms with E-state index >= 15 is 0 Å². The number of nitrogens with one attached hydrogen (secondary N) is 1. The predicted octanol–water partition coefficient (Wildman–Crippen LogP) is 2.24. The third-order valence-corrected chi connectivity index (χ3v) is 4.34. The van der Waals surface area contributed by atoms with E-state index in [0.717, 1.165) is 30.0 Å². The Hall–Kier alpha value is -1.36. The topological polar surface area (TPSA) is 50.2 Å². The van der Waals surface area contributed by atoms with Crippen LogP contribution in [0.15, 0.2) is 0 Å². The van der Waals surface area contributed by atoms with E-state index in [9.17, 15) is 4.79 Å². The van der Waals surface area contributed by atoms with Gasteiger partial charge in [0, 0.05) is 13.1 Å². The monoisotopic (exact) mass is 278 g/mol. The minimum Gasteiger partial charge on any atom is -0.322 e. The number of carbonyl (C=O) groups excluding carboxylic acids is 1. The zero-order valence-electron chi connectivity index (χ0n) is 13.1. The van der Waals surface area contributed by atoms with Crippen molar-refractivity contribution < 1.29 is 4.79 Å². The summed E-state index contributed by atoms with van der Waals surface area (Å²) in [5.41, 5.74) is 2.74. The number of piperidine rings is 1. The smallest absolute Gasteiger partial charge is 0.238 e. The Kier molecular flexibility index (Phi) is 4.81. The molecule has 0 aliphatic carbocycles. The molecule has 5 heteroatoms. The summed E-state index contributed by atoms with van der Waals surface area (Å²) in [6, 6.07) is 0.561. The maximum atomic E-state index is 12.3. The third kappa shape index (κ3) is 3.20. The van der Waals surface area contributed by atoms with Crippen molar-refractivity contribution in [3.05, 3.63) is 11.4 Å². The number of amides is 1. The molecule has 1 aromatic rings. The number of hydrogen-bond donors (Lipinski definition) is 1. The van der Waals surface area contributed by atoms with Crippen LogP contribution in [0, 0.1) is 13.8 Å². The molecular weight excluding hydrogens is 252 g/mol. The van der Waals surface area contributed by atoms with Gasteiger partial charge in [-0.1, -0.05) is 13.3 Å². The summed E-state index contributed by atoms with van der Waals surface area (Å²) < 4.78 is 1.81. The average molecular weight is 278 g/mol. The molecule has 0 aromatic carbocycles. The van der Waals surface area contributed by atoms with Crippen molar-refractivity contribution in [1.29, 1.82) is 0 Å². The quantitative estimate of drug-likeness (QED) is 0.919. The van der Waals surface area contributed by atoms with Gasteiger partial charge in [-0.15, -0.1) is 0 Å². The van der Waals surface area contributed by atoms with E-state index in [2.05, 4.69) is 22.2 Å². The molecule has 0 saturated carbocycles. The fourth-order valence-corrected chi connectivity index (χ4v) is 3.05. The molecule has 1 aliphatic rings. The molecule has 1 aliphatic heterocycles. The molecule has 1 amide bonds. The highest BCUT2D eigenvalue weighted by Gasteiger charge is 2.23. The molecule has 20 heavy (non-hydrogen) atoms. The van der Waals surface area contributed by atoms with E-state index in [1.807, 2.05) is 20.9 Å². The van der Waals surface area contributed by atoms with E-state index in [4.69, 9.17) is 0 Å². The molecule has 2 heterocycles. The highest BCUT2D eigenvalue weighted by atomic mass is 16.2. The van der Waals surface area contributed by atoms with Crippen LogP contribution in [0.3, 0.4) is 0 Å². The molecule has 1 fully saturated rings. The van der Waals surface area contributed by atoms with Crippen LogP contribution < -0.4 is 5.32 Å². The summed E-state index contributed by atoms with van der Waals surface area (Å²) in [4.78, 5) is 14.6. The SMILES string of the molecule is CC[C@H]1CCCCN1CC(=O)Nc1c(C)nn(C)c1C. The standard InChI is InChI=1S/C15H26N4O/c1-5-13-8-6-7-9-19(13)10-14(20)16-15-11(2)17-18(4)12(15)3/h13H,5-10H2,1-4H3,(H,16,20)/t13-/m0/s1. The van der Waals surface area contributed by atoms with E-state index in [1.54, 1.807) is 4.68 Å². The van der Waals surface area contributed by atoms with Gasteiger partial charge in [0.2, 0.25) is 5.91 Å². The molecule has 0 bridgehead atoms. The first-order valence-electron chi connectivity index (χ1n) is 7.57. The zero-order chi connectivity index (χ0) is 14.7. The van der Waals surface area contributed by atoms with Crippen LogP contribution in [0.25, 0.3) is 0 Å². The summed E-state index contributed by atoms with van der Waals surface area (Å²) in [5.74, 6) is 0.0737. The lowest BCUT2D eigenvalue weighted by Crippen LogP contribution is -2.43. The van der Waals surface area contributed by atoms with Gasteiger partial charge in [-0.25, -0.2) is 0 Å². The molecule has 2 rings (SSSR count). The Bertz CT molecular complexity index is 480.